The standard InChI is InChI=1S/C21H19FN4O2S/c1-15-5-2-3-7-19(15)29(27,28)24-13-14-26-20(16-8-10-17(22)11-9-16)25-18-6-4-12-23-21(18)26/h2-12,24H,13-14H2,1H3. The Bertz CT molecular complexity index is 1270. The number of sulfonamides is 1. The predicted octanol–water partition coefficient (Wildman–Crippen LogP) is 3.52. The number of imidazole rings is 1. The van der Waals surface area contributed by atoms with E-state index in [2.05, 4.69) is 14.7 Å². The van der Waals surface area contributed by atoms with Crippen LogP contribution in [0.1, 0.15) is 5.56 Å². The van der Waals surface area contributed by atoms with Crippen molar-refractivity contribution in [1.82, 2.24) is 19.3 Å². The number of nitrogens with one attached hydrogen (secondary N) is 1. The summed E-state index contributed by atoms with van der Waals surface area (Å²) in [5, 5.41) is 0. The lowest BCUT2D eigenvalue weighted by Gasteiger charge is -2.12. The summed E-state index contributed by atoms with van der Waals surface area (Å²) >= 11 is 0. The van der Waals surface area contributed by atoms with E-state index in [1.165, 1.54) is 12.1 Å². The van der Waals surface area contributed by atoms with Crippen LogP contribution in [0.25, 0.3) is 22.6 Å². The number of halogens is 1. The van der Waals surface area contributed by atoms with Gasteiger partial charge in [-0.3, -0.25) is 0 Å². The second-order valence-electron chi connectivity index (χ2n) is 6.60. The first-order valence-electron chi connectivity index (χ1n) is 9.08. The smallest absolute Gasteiger partial charge is 0.240 e. The molecule has 1 N–H and O–H groups in total. The Kier molecular flexibility index (Phi) is 5.12. The minimum Gasteiger partial charge on any atom is -0.307 e. The van der Waals surface area contributed by atoms with E-state index in [4.69, 9.17) is 0 Å². The van der Waals surface area contributed by atoms with Gasteiger partial charge in [0.2, 0.25) is 10.0 Å². The third-order valence-electron chi connectivity index (χ3n) is 4.62. The molecule has 2 heterocycles. The van der Waals surface area contributed by atoms with E-state index in [0.29, 0.717) is 29.1 Å². The molecule has 0 aliphatic rings. The van der Waals surface area contributed by atoms with Gasteiger partial charge < -0.3 is 4.57 Å². The number of aryl methyl sites for hydroxylation is 1. The molecule has 4 aromatic rings. The van der Waals surface area contributed by atoms with Crippen molar-refractivity contribution in [3.05, 3.63) is 78.2 Å². The van der Waals surface area contributed by atoms with Crippen LogP contribution >= 0.6 is 0 Å². The van der Waals surface area contributed by atoms with E-state index in [9.17, 15) is 12.8 Å². The Morgan fingerprint density at radius 1 is 1.03 bits per heavy atom. The van der Waals surface area contributed by atoms with Gasteiger partial charge in [0.25, 0.3) is 0 Å². The van der Waals surface area contributed by atoms with Crippen molar-refractivity contribution in [2.24, 2.45) is 0 Å². The van der Waals surface area contributed by atoms with E-state index < -0.39 is 10.0 Å². The minimum atomic E-state index is -3.63. The second kappa shape index (κ2) is 7.73. The number of aromatic nitrogens is 3. The zero-order chi connectivity index (χ0) is 20.4. The van der Waals surface area contributed by atoms with E-state index in [-0.39, 0.29) is 17.3 Å². The molecule has 0 aliphatic heterocycles. The van der Waals surface area contributed by atoms with Gasteiger partial charge in [-0.1, -0.05) is 18.2 Å². The van der Waals surface area contributed by atoms with Gasteiger partial charge >= 0.3 is 0 Å². The Morgan fingerprint density at radius 3 is 2.55 bits per heavy atom. The number of nitrogens with zero attached hydrogens (tertiary/aromatic N) is 3. The number of pyridine rings is 1. The molecular formula is C21H19FN4O2S. The van der Waals surface area contributed by atoms with E-state index in [1.54, 1.807) is 55.6 Å². The molecule has 6 nitrogen and oxygen atoms in total. The Labute approximate surface area is 168 Å². The first-order chi connectivity index (χ1) is 14.0. The lowest BCUT2D eigenvalue weighted by Crippen LogP contribution is -2.28. The molecule has 0 bridgehead atoms. The number of hydrogen-bond donors (Lipinski definition) is 1. The fourth-order valence-electron chi connectivity index (χ4n) is 3.22. The first kappa shape index (κ1) is 19.2. The molecule has 29 heavy (non-hydrogen) atoms. The van der Waals surface area contributed by atoms with Crippen LogP contribution in [0.5, 0.6) is 0 Å². The molecule has 4 rings (SSSR count). The van der Waals surface area contributed by atoms with Gasteiger partial charge in [0.05, 0.1) is 4.90 Å². The van der Waals surface area contributed by atoms with Crippen molar-refractivity contribution in [2.45, 2.75) is 18.4 Å². The fourth-order valence-corrected chi connectivity index (χ4v) is 4.48. The molecule has 0 spiro atoms. The highest BCUT2D eigenvalue weighted by Gasteiger charge is 2.17. The average Bonchev–Trinajstić information content (AvgIpc) is 3.07. The highest BCUT2D eigenvalue weighted by atomic mass is 32.2. The lowest BCUT2D eigenvalue weighted by molar-refractivity contribution is 0.573. The van der Waals surface area contributed by atoms with Crippen LogP contribution in [0.4, 0.5) is 4.39 Å². The average molecular weight is 410 g/mol. The summed E-state index contributed by atoms with van der Waals surface area (Å²) in [7, 11) is -3.63. The summed E-state index contributed by atoms with van der Waals surface area (Å²) in [6, 6.07) is 16.5. The van der Waals surface area contributed by atoms with Crippen molar-refractivity contribution in [3.63, 3.8) is 0 Å². The van der Waals surface area contributed by atoms with Crippen molar-refractivity contribution in [1.29, 1.82) is 0 Å². The second-order valence-corrected chi connectivity index (χ2v) is 8.34. The number of benzene rings is 2. The molecule has 0 aliphatic carbocycles. The third kappa shape index (κ3) is 3.90. The number of fused-ring (bicyclic) bond motifs is 1. The summed E-state index contributed by atoms with van der Waals surface area (Å²) in [5.41, 5.74) is 2.74. The molecule has 8 heteroatoms. The van der Waals surface area contributed by atoms with Crippen LogP contribution in [0.3, 0.4) is 0 Å². The van der Waals surface area contributed by atoms with Crippen molar-refractivity contribution >= 4 is 21.2 Å². The monoisotopic (exact) mass is 410 g/mol. The maximum atomic E-state index is 13.3. The normalized spacial score (nSPS) is 11.8. The van der Waals surface area contributed by atoms with Crippen molar-refractivity contribution in [3.8, 4) is 11.4 Å². The zero-order valence-corrected chi connectivity index (χ0v) is 16.5. The van der Waals surface area contributed by atoms with Crippen LogP contribution in [-0.2, 0) is 16.6 Å². The van der Waals surface area contributed by atoms with Crippen LogP contribution in [0.2, 0.25) is 0 Å². The largest absolute Gasteiger partial charge is 0.307 e. The molecule has 0 atom stereocenters. The topological polar surface area (TPSA) is 76.9 Å². The number of rotatable bonds is 6. The Hall–Kier alpha value is -3.10. The SMILES string of the molecule is Cc1ccccc1S(=O)(=O)NCCn1c(-c2ccc(F)cc2)nc2cccnc21. The van der Waals surface area contributed by atoms with Gasteiger partial charge in [0.1, 0.15) is 17.2 Å². The van der Waals surface area contributed by atoms with E-state index in [1.807, 2.05) is 10.6 Å². The molecule has 0 saturated carbocycles. The molecule has 0 radical (unpaired) electrons. The fraction of sp³-hybridized carbons (Fsp3) is 0.143. The maximum Gasteiger partial charge on any atom is 0.240 e. The number of hydrogen-bond acceptors (Lipinski definition) is 4. The van der Waals surface area contributed by atoms with Crippen LogP contribution in [0.15, 0.2) is 71.8 Å². The van der Waals surface area contributed by atoms with Gasteiger partial charge in [-0.2, -0.15) is 0 Å². The molecule has 0 saturated heterocycles. The predicted molar refractivity (Wildman–Crippen MR) is 109 cm³/mol. The molecular weight excluding hydrogens is 391 g/mol. The lowest BCUT2D eigenvalue weighted by atomic mass is 10.2. The van der Waals surface area contributed by atoms with Crippen molar-refractivity contribution in [2.75, 3.05) is 6.54 Å². The first-order valence-corrected chi connectivity index (χ1v) is 10.6. The molecule has 148 valence electrons. The summed E-state index contributed by atoms with van der Waals surface area (Å²) < 4.78 is 43.1. The molecule has 0 amide bonds. The van der Waals surface area contributed by atoms with Crippen LogP contribution in [0, 0.1) is 12.7 Å². The van der Waals surface area contributed by atoms with Gasteiger partial charge in [0, 0.05) is 24.8 Å². The Balaban J connectivity index is 1.63. The van der Waals surface area contributed by atoms with Crippen LogP contribution < -0.4 is 4.72 Å². The zero-order valence-electron chi connectivity index (χ0n) is 15.7. The van der Waals surface area contributed by atoms with Gasteiger partial charge in [0.15, 0.2) is 5.65 Å². The van der Waals surface area contributed by atoms with Gasteiger partial charge in [-0.15, -0.1) is 0 Å². The van der Waals surface area contributed by atoms with Gasteiger partial charge in [-0.05, 0) is 55.0 Å². The van der Waals surface area contributed by atoms with E-state index >= 15 is 0 Å². The summed E-state index contributed by atoms with van der Waals surface area (Å²) in [5.74, 6) is 0.273. The molecule has 0 unspecified atom stereocenters. The highest BCUT2D eigenvalue weighted by molar-refractivity contribution is 7.89. The van der Waals surface area contributed by atoms with Crippen molar-refractivity contribution < 1.29 is 12.8 Å². The maximum absolute atomic E-state index is 13.3. The molecule has 2 aromatic heterocycles. The molecule has 2 aromatic carbocycles. The third-order valence-corrected chi connectivity index (χ3v) is 6.24. The van der Waals surface area contributed by atoms with Gasteiger partial charge in [-0.25, -0.2) is 27.5 Å². The minimum absolute atomic E-state index is 0.160. The van der Waals surface area contributed by atoms with Crippen LogP contribution in [-0.4, -0.2) is 29.5 Å². The highest BCUT2D eigenvalue weighted by Crippen LogP contribution is 2.24. The quantitative estimate of drug-likeness (QED) is 0.528. The van der Waals surface area contributed by atoms with E-state index in [0.717, 1.165) is 5.56 Å². The summed E-state index contributed by atoms with van der Waals surface area (Å²) in [6.07, 6.45) is 1.66. The summed E-state index contributed by atoms with van der Waals surface area (Å²) in [6.45, 7) is 2.24. The molecule has 0 fully saturated rings. The Morgan fingerprint density at radius 2 is 1.79 bits per heavy atom. The summed E-state index contributed by atoms with van der Waals surface area (Å²) in [4.78, 5) is 9.24.